The van der Waals surface area contributed by atoms with E-state index < -0.39 is 108 Å². The molecule has 0 spiro atoms. The summed E-state index contributed by atoms with van der Waals surface area (Å²) >= 11 is 0. The monoisotopic (exact) mass is 1350 g/mol. The van der Waals surface area contributed by atoms with Crippen LogP contribution in [0.15, 0.2) is 204 Å². The van der Waals surface area contributed by atoms with E-state index in [1.54, 1.807) is 0 Å². The van der Waals surface area contributed by atoms with Crippen LogP contribution >= 0.6 is 0 Å². The molecule has 0 aromatic heterocycles. The summed E-state index contributed by atoms with van der Waals surface area (Å²) in [6.07, 6.45) is -35.0. The number of sulfone groups is 1. The number of alkyl halides is 18. The third-order valence-corrected chi connectivity index (χ3v) is 16.5. The van der Waals surface area contributed by atoms with Gasteiger partial charge in [0, 0.05) is 0 Å². The SMILES string of the molecule is C.FC(F)(F)C(c1ccc(OCC2CO2)cc1)(c1ccc(OCC2CO2)cc1)C(F)(F)F.O=S(=O)(c1ccc(Oc2ccc(C(c3ccc(O)cc3)(C(F)(F)F)C(F)(F)F)cc2)cc1)c1ccc(Oc2ccc(C(c3ccc(O)cc3)(C(F)(F)F)C(F)(F)F)cc2)cc1. The molecule has 10 nitrogen and oxygen atoms in total. The highest BCUT2D eigenvalue weighted by atomic mass is 32.2. The van der Waals surface area contributed by atoms with Crippen LogP contribution in [0, 0.1) is 0 Å². The van der Waals surface area contributed by atoms with Crippen LogP contribution in [0.1, 0.15) is 40.8 Å². The minimum Gasteiger partial charge on any atom is -0.508 e. The fourth-order valence-corrected chi connectivity index (χ4v) is 11.3. The van der Waals surface area contributed by atoms with Gasteiger partial charge in [-0.25, -0.2) is 8.42 Å². The molecule has 2 atom stereocenters. The summed E-state index contributed by atoms with van der Waals surface area (Å²) in [5.41, 5.74) is -19.8. The van der Waals surface area contributed by atoms with E-state index in [0.717, 1.165) is 97.1 Å². The summed E-state index contributed by atoms with van der Waals surface area (Å²) in [4.78, 5) is -0.556. The summed E-state index contributed by atoms with van der Waals surface area (Å²) in [5, 5.41) is 18.9. The summed E-state index contributed by atoms with van der Waals surface area (Å²) in [6, 6.07) is 27.2. The second kappa shape index (κ2) is 25.9. The molecule has 93 heavy (non-hydrogen) atoms. The zero-order valence-corrected chi connectivity index (χ0v) is 47.1. The van der Waals surface area contributed by atoms with E-state index in [2.05, 4.69) is 0 Å². The van der Waals surface area contributed by atoms with Crippen LogP contribution < -0.4 is 18.9 Å². The molecule has 2 heterocycles. The second-order valence-electron chi connectivity index (χ2n) is 20.6. The number of rotatable bonds is 18. The lowest BCUT2D eigenvalue weighted by Gasteiger charge is -2.38. The largest absolute Gasteiger partial charge is 0.508 e. The lowest BCUT2D eigenvalue weighted by molar-refractivity contribution is -0.290. The molecule has 0 amide bonds. The van der Waals surface area contributed by atoms with Crippen LogP contribution in [0.25, 0.3) is 0 Å². The quantitative estimate of drug-likeness (QED) is 0.0631. The number of aromatic hydroxyl groups is 2. The van der Waals surface area contributed by atoms with Crippen molar-refractivity contribution >= 4 is 9.84 Å². The van der Waals surface area contributed by atoms with Crippen molar-refractivity contribution in [3.05, 3.63) is 228 Å². The van der Waals surface area contributed by atoms with Gasteiger partial charge in [0.15, 0.2) is 0 Å². The van der Waals surface area contributed by atoms with Crippen LogP contribution in [0.4, 0.5) is 79.0 Å². The van der Waals surface area contributed by atoms with Crippen molar-refractivity contribution in [2.75, 3.05) is 26.4 Å². The van der Waals surface area contributed by atoms with E-state index >= 15 is 0 Å². The minimum atomic E-state index is -5.87. The van der Waals surface area contributed by atoms with Crippen molar-refractivity contribution in [1.29, 1.82) is 0 Å². The van der Waals surface area contributed by atoms with Crippen LogP contribution in [-0.2, 0) is 35.6 Å². The minimum absolute atomic E-state index is 0. The topological polar surface area (TPSA) is 137 Å². The van der Waals surface area contributed by atoms with Crippen LogP contribution in [0.2, 0.25) is 0 Å². The molecule has 2 aliphatic rings. The average Bonchev–Trinajstić information content (AvgIpc) is 1.37. The molecule has 8 aromatic rings. The number of epoxide rings is 2. The molecule has 2 unspecified atom stereocenters. The standard InChI is InChI=1S/C42H26F12O6S.C21H18F6O4.CH4/c43-39(44,45)37(40(46,47)48,25-1-9-29(55)10-2-25)27-5-13-31(14-6-27)59-33-17-21-35(22-18-33)61(57,58)36-23-19-34(20-24-36)60-32-15-7-28(8-16-32)38(41(49,50)51,42(52,53)54)26-3-11-30(56)12-4-26;22-20(23,24)19(21(25,26)27,13-1-5-15(6-2-13)28-9-17-11-30-17)14-3-7-16(8-4-14)29-10-18-12-31-18;/h1-24,55-56H;1-8,17-18H,9-12H2;1H4. The molecule has 10 rings (SSSR count). The molecular weight excluding hydrogens is 1300 g/mol. The Bertz CT molecular complexity index is 3620. The van der Waals surface area contributed by atoms with Crippen molar-refractivity contribution in [2.45, 2.75) is 82.7 Å². The van der Waals surface area contributed by atoms with Crippen LogP contribution in [0.3, 0.4) is 0 Å². The summed E-state index contributed by atoms with van der Waals surface area (Å²) in [6.45, 7) is 1.38. The van der Waals surface area contributed by atoms with Gasteiger partial charge in [-0.05, 0) is 155 Å². The van der Waals surface area contributed by atoms with E-state index in [4.69, 9.17) is 28.4 Å². The highest BCUT2D eigenvalue weighted by Crippen LogP contribution is 2.59. The number of phenolic OH excluding ortho intramolecular Hbond substituents is 2. The number of phenols is 2. The zero-order chi connectivity index (χ0) is 67.1. The smallest absolute Gasteiger partial charge is 0.411 e. The Hall–Kier alpha value is -8.83. The summed E-state index contributed by atoms with van der Waals surface area (Å²) in [5.74, 6) is -1.30. The fraction of sp³-hybridized carbons (Fsp3) is 0.250. The summed E-state index contributed by atoms with van der Waals surface area (Å²) in [7, 11) is -4.24. The Labute approximate surface area is 517 Å². The molecule has 2 saturated heterocycles. The van der Waals surface area contributed by atoms with Gasteiger partial charge >= 0.3 is 37.1 Å². The van der Waals surface area contributed by atoms with Crippen molar-refractivity contribution in [1.82, 2.24) is 0 Å². The van der Waals surface area contributed by atoms with E-state index in [0.29, 0.717) is 86.0 Å². The number of ether oxygens (including phenoxy) is 6. The lowest BCUT2D eigenvalue weighted by Crippen LogP contribution is -2.54. The van der Waals surface area contributed by atoms with Gasteiger partial charge in [0.2, 0.25) is 26.1 Å². The van der Waals surface area contributed by atoms with Gasteiger partial charge in [-0.15, -0.1) is 0 Å². The van der Waals surface area contributed by atoms with Gasteiger partial charge in [-0.3, -0.25) is 0 Å². The molecule has 496 valence electrons. The zero-order valence-electron chi connectivity index (χ0n) is 46.3. The van der Waals surface area contributed by atoms with Crippen LogP contribution in [0.5, 0.6) is 46.0 Å². The highest BCUT2D eigenvalue weighted by Gasteiger charge is 2.75. The third kappa shape index (κ3) is 14.1. The van der Waals surface area contributed by atoms with Gasteiger partial charge in [-0.2, -0.15) is 79.0 Å². The number of halogens is 18. The maximum absolute atomic E-state index is 14.4. The first kappa shape index (κ1) is 70.0. The normalized spacial score (nSPS) is 15.6. The predicted octanol–water partition coefficient (Wildman–Crippen LogP) is 17.6. The maximum Gasteiger partial charge on any atom is 0.411 e. The highest BCUT2D eigenvalue weighted by molar-refractivity contribution is 7.91. The van der Waals surface area contributed by atoms with Crippen molar-refractivity contribution in [2.24, 2.45) is 0 Å². The number of benzene rings is 8. The molecule has 8 aromatic carbocycles. The van der Waals surface area contributed by atoms with Gasteiger partial charge < -0.3 is 38.6 Å². The molecule has 2 fully saturated rings. The Morgan fingerprint density at radius 1 is 0.323 bits per heavy atom. The Balaban J connectivity index is 0.000000290. The molecule has 2 N–H and O–H groups in total. The first-order valence-electron chi connectivity index (χ1n) is 26.6. The lowest BCUT2D eigenvalue weighted by atomic mass is 9.73. The Morgan fingerprint density at radius 3 is 0.699 bits per heavy atom. The van der Waals surface area contributed by atoms with Crippen molar-refractivity contribution < 1.29 is 126 Å². The number of hydrogen-bond acceptors (Lipinski definition) is 10. The average molecular weight is 1350 g/mol. The van der Waals surface area contributed by atoms with Gasteiger partial charge in [-0.1, -0.05) is 80.2 Å². The van der Waals surface area contributed by atoms with Crippen LogP contribution in [-0.4, -0.2) is 94.3 Å². The molecule has 0 bridgehead atoms. The fourth-order valence-electron chi connectivity index (χ4n) is 10.0. The van der Waals surface area contributed by atoms with E-state index in [1.165, 1.54) is 24.3 Å². The summed E-state index contributed by atoms with van der Waals surface area (Å²) < 4.78 is 316. The molecule has 2 aliphatic heterocycles. The molecule has 0 saturated carbocycles. The Kier molecular flexibility index (Phi) is 19.5. The Morgan fingerprint density at radius 2 is 0.505 bits per heavy atom. The van der Waals surface area contributed by atoms with E-state index in [-0.39, 0.29) is 77.1 Å². The van der Waals surface area contributed by atoms with Crippen molar-refractivity contribution in [3.63, 3.8) is 0 Å². The first-order valence-corrected chi connectivity index (χ1v) is 28.1. The maximum atomic E-state index is 14.4. The first-order chi connectivity index (χ1) is 42.9. The third-order valence-electron chi connectivity index (χ3n) is 14.7. The number of hydrogen-bond donors (Lipinski definition) is 2. The molecule has 0 aliphatic carbocycles. The second-order valence-corrected chi connectivity index (χ2v) is 22.6. The van der Waals surface area contributed by atoms with Gasteiger partial charge in [0.05, 0.1) is 23.0 Å². The van der Waals surface area contributed by atoms with Crippen molar-refractivity contribution in [3.8, 4) is 46.0 Å². The van der Waals surface area contributed by atoms with Gasteiger partial charge in [0.1, 0.15) is 71.4 Å². The molecule has 0 radical (unpaired) electrons. The van der Waals surface area contributed by atoms with E-state index in [1.807, 2.05) is 0 Å². The molecule has 29 heteroatoms. The van der Waals surface area contributed by atoms with E-state index in [9.17, 15) is 97.7 Å². The molecular formula is C64H48F18O10S. The van der Waals surface area contributed by atoms with Gasteiger partial charge in [0.25, 0.3) is 0 Å². The predicted molar refractivity (Wildman–Crippen MR) is 296 cm³/mol.